The lowest BCUT2D eigenvalue weighted by molar-refractivity contribution is 0.593. The molecule has 0 bridgehead atoms. The first kappa shape index (κ1) is 37.8. The van der Waals surface area contributed by atoms with Gasteiger partial charge in [-0.1, -0.05) is 64.9 Å². The zero-order valence-corrected chi connectivity index (χ0v) is 27.5. The maximum Gasteiger partial charge on any atom is 0 e. The summed E-state index contributed by atoms with van der Waals surface area (Å²) in [6.07, 6.45) is 25.4. The Hall–Kier alpha value is -0.310. The van der Waals surface area contributed by atoms with Crippen LogP contribution < -0.4 is 0 Å². The van der Waals surface area contributed by atoms with Gasteiger partial charge in [-0.3, -0.25) is 0 Å². The Bertz CT molecular complexity index is 610. The highest BCUT2D eigenvalue weighted by atomic mass is 127. The van der Waals surface area contributed by atoms with Crippen molar-refractivity contribution in [3.05, 3.63) is 44.6 Å². The minimum absolute atomic E-state index is 0. The third kappa shape index (κ3) is 17.2. The van der Waals surface area contributed by atoms with Gasteiger partial charge in [0.05, 0.1) is 0 Å². The van der Waals surface area contributed by atoms with Gasteiger partial charge in [0, 0.05) is 1.43 Å². The van der Waals surface area contributed by atoms with Crippen LogP contribution in [0, 0.1) is 0 Å². The third-order valence-corrected chi connectivity index (χ3v) is 8.16. The summed E-state index contributed by atoms with van der Waals surface area (Å²) in [5, 5.41) is 0. The van der Waals surface area contributed by atoms with Crippen LogP contribution in [0.3, 0.4) is 0 Å². The van der Waals surface area contributed by atoms with E-state index in [0.717, 1.165) is 0 Å². The highest BCUT2D eigenvalue weighted by molar-refractivity contribution is 14.0. The van der Waals surface area contributed by atoms with Crippen LogP contribution in [-0.2, 0) is 0 Å². The van der Waals surface area contributed by atoms with Gasteiger partial charge in [0.15, 0.2) is 0 Å². The molecule has 0 aromatic rings. The van der Waals surface area contributed by atoms with Gasteiger partial charge in [0.25, 0.3) is 0 Å². The van der Waals surface area contributed by atoms with E-state index in [1.165, 1.54) is 116 Å². The molecule has 36 heavy (non-hydrogen) atoms. The van der Waals surface area contributed by atoms with Crippen molar-refractivity contribution < 1.29 is 1.43 Å². The third-order valence-electron chi connectivity index (χ3n) is 8.16. The van der Waals surface area contributed by atoms with E-state index in [4.69, 9.17) is 0 Å². The number of hydrogen-bond donors (Lipinski definition) is 0. The van der Waals surface area contributed by atoms with Crippen LogP contribution in [0.15, 0.2) is 44.6 Å². The zero-order chi connectivity index (χ0) is 25.3. The fraction of sp³-hybridized carbons (Fsp3) is 0.771. The summed E-state index contributed by atoms with van der Waals surface area (Å²) in [5.74, 6) is 0. The lowest BCUT2D eigenvalue weighted by atomic mass is 9.92. The first-order valence-corrected chi connectivity index (χ1v) is 14.8. The van der Waals surface area contributed by atoms with Crippen molar-refractivity contribution in [1.82, 2.24) is 0 Å². The average Bonchev–Trinajstić information content (AvgIpc) is 3.56. The molecule has 0 atom stereocenters. The second kappa shape index (κ2) is 22.7. The Morgan fingerprint density at radius 3 is 0.583 bits per heavy atom. The number of halogens is 1. The molecule has 4 fully saturated rings. The van der Waals surface area contributed by atoms with Gasteiger partial charge in [-0.05, 0) is 158 Å². The zero-order valence-electron chi connectivity index (χ0n) is 25.1. The smallest absolute Gasteiger partial charge is 0 e. The van der Waals surface area contributed by atoms with Gasteiger partial charge in [0.2, 0.25) is 0 Å². The van der Waals surface area contributed by atoms with Crippen molar-refractivity contribution >= 4 is 24.0 Å². The molecule has 4 aliphatic carbocycles. The molecule has 0 radical (unpaired) electrons. The van der Waals surface area contributed by atoms with E-state index in [2.05, 4.69) is 55.4 Å². The van der Waals surface area contributed by atoms with Gasteiger partial charge >= 0.3 is 0 Å². The molecule has 0 aromatic carbocycles. The molecule has 214 valence electrons. The lowest BCUT2D eigenvalue weighted by Gasteiger charge is -2.14. The molecule has 4 aliphatic rings. The first-order chi connectivity index (χ1) is 16.2. The SMILES string of the molecule is C.CC(C)=C1CCCC1.CC(C)=C1CCCC1.CC(C)=C1CCCCC1.CC(C)=C1CCCCC1.I.[HH]. The Kier molecular flexibility index (Phi) is 23.8. The fourth-order valence-corrected chi connectivity index (χ4v) is 5.56. The molecule has 0 aliphatic heterocycles. The second-order valence-corrected chi connectivity index (χ2v) is 11.9. The molecule has 4 rings (SSSR count). The van der Waals surface area contributed by atoms with Crippen molar-refractivity contribution in [2.45, 2.75) is 178 Å². The van der Waals surface area contributed by atoms with Crippen molar-refractivity contribution in [3.8, 4) is 0 Å². The number of allylic oxidation sites excluding steroid dienone is 8. The maximum absolute atomic E-state index is 2.24. The number of hydrogen-bond acceptors (Lipinski definition) is 0. The number of rotatable bonds is 0. The van der Waals surface area contributed by atoms with Crippen LogP contribution in [0.5, 0.6) is 0 Å². The lowest BCUT2D eigenvalue weighted by Crippen LogP contribution is -1.94. The van der Waals surface area contributed by atoms with Gasteiger partial charge in [-0.2, -0.15) is 0 Å². The average molecular weight is 615 g/mol. The van der Waals surface area contributed by atoms with Crippen LogP contribution in [0.4, 0.5) is 0 Å². The predicted molar refractivity (Wildman–Crippen MR) is 181 cm³/mol. The van der Waals surface area contributed by atoms with Crippen LogP contribution in [0.2, 0.25) is 0 Å². The van der Waals surface area contributed by atoms with E-state index in [1.54, 1.807) is 44.6 Å². The predicted octanol–water partition coefficient (Wildman–Crippen LogP) is 13.9. The molecule has 0 spiro atoms. The molecule has 1 heteroatoms. The summed E-state index contributed by atoms with van der Waals surface area (Å²) < 4.78 is 0. The quantitative estimate of drug-likeness (QED) is 0.188. The highest BCUT2D eigenvalue weighted by Gasteiger charge is 2.07. The Labute approximate surface area is 247 Å². The molecule has 0 nitrogen and oxygen atoms in total. The van der Waals surface area contributed by atoms with E-state index in [9.17, 15) is 0 Å². The van der Waals surface area contributed by atoms with Gasteiger partial charge in [0.1, 0.15) is 0 Å². The minimum Gasteiger partial charge on any atom is -0.107 e. The molecule has 4 saturated carbocycles. The van der Waals surface area contributed by atoms with Crippen molar-refractivity contribution in [1.29, 1.82) is 0 Å². The monoisotopic (exact) mass is 614 g/mol. The Morgan fingerprint density at radius 2 is 0.472 bits per heavy atom. The first-order valence-electron chi connectivity index (χ1n) is 14.8. The largest absolute Gasteiger partial charge is 0.107 e. The standard InChI is InChI=1S/2C9H16.2C8H14.CH4.HI.H2/c2*1-8(2)9-6-4-3-5-7-9;2*1-7(2)8-5-3-4-6-8;;;/h2*3-7H2,1-2H3;2*3-6H2,1-2H3;1H4;2*1H. The van der Waals surface area contributed by atoms with E-state index in [0.29, 0.717) is 0 Å². The molecule has 0 heterocycles. The minimum atomic E-state index is 0. The van der Waals surface area contributed by atoms with Crippen molar-refractivity contribution in [2.75, 3.05) is 0 Å². The summed E-state index contributed by atoms with van der Waals surface area (Å²) in [6, 6.07) is 0. The second-order valence-electron chi connectivity index (χ2n) is 11.9. The topological polar surface area (TPSA) is 0 Å². The molecule has 0 N–H and O–H groups in total. The molecular formula is C35H67I. The van der Waals surface area contributed by atoms with E-state index >= 15 is 0 Å². The normalized spacial score (nSPS) is 18.7. The molecular weight excluding hydrogens is 547 g/mol. The van der Waals surface area contributed by atoms with E-state index < -0.39 is 0 Å². The highest BCUT2D eigenvalue weighted by Crippen LogP contribution is 2.27. The molecule has 0 amide bonds. The molecule has 0 unspecified atom stereocenters. The summed E-state index contributed by atoms with van der Waals surface area (Å²) in [6.45, 7) is 17.8. The van der Waals surface area contributed by atoms with Crippen LogP contribution >= 0.6 is 24.0 Å². The summed E-state index contributed by atoms with van der Waals surface area (Å²) in [7, 11) is 0. The Morgan fingerprint density at radius 1 is 0.333 bits per heavy atom. The van der Waals surface area contributed by atoms with E-state index in [-0.39, 0.29) is 32.8 Å². The van der Waals surface area contributed by atoms with E-state index in [1.807, 2.05) is 0 Å². The Balaban J connectivity index is -0.000000406. The molecule has 0 aromatic heterocycles. The van der Waals surface area contributed by atoms with Crippen LogP contribution in [0.1, 0.15) is 180 Å². The van der Waals surface area contributed by atoms with Crippen LogP contribution in [0.25, 0.3) is 0 Å². The maximum atomic E-state index is 2.24. The summed E-state index contributed by atoms with van der Waals surface area (Å²) >= 11 is 0. The fourth-order valence-electron chi connectivity index (χ4n) is 5.56. The summed E-state index contributed by atoms with van der Waals surface area (Å²) in [5.41, 5.74) is 13.1. The van der Waals surface area contributed by atoms with Crippen molar-refractivity contribution in [2.24, 2.45) is 0 Å². The van der Waals surface area contributed by atoms with Crippen molar-refractivity contribution in [3.63, 3.8) is 0 Å². The van der Waals surface area contributed by atoms with Gasteiger partial charge in [-0.25, -0.2) is 0 Å². The molecule has 0 saturated heterocycles. The van der Waals surface area contributed by atoms with Crippen LogP contribution in [-0.4, -0.2) is 0 Å². The summed E-state index contributed by atoms with van der Waals surface area (Å²) in [4.78, 5) is 0. The van der Waals surface area contributed by atoms with Gasteiger partial charge in [-0.15, -0.1) is 24.0 Å². The van der Waals surface area contributed by atoms with Gasteiger partial charge < -0.3 is 0 Å².